The standard InChI is InChI=1S/C102H72N3O10P/c106-116(113-91-58-88(103-85-55-97-94(52-82(85)91)107-61-110-97)100-76-40-22-19-37-70(76)49-73(43-64-25-7-1-8-26-64)79(100)46-67-31-13-4-14-32-67,114-92-59-89(104-86-56-98-95(53-83(86)92)108-62-111-98)101-77-41-23-20-38-71(77)50-74(44-65-27-9-2-10-28-65)80(101)47-68-33-15-5-16-34-68)115-93-60-90(105-87-57-99-96(54-84(87)93)109-63-112-99)102-78-42-24-21-39-72(78)51-75(45-66-29-11-3-12-30-66)81(102)48-69-35-17-6-18-36-69/h1-42,49-60H,43-48,61-63H2. The van der Waals surface area contributed by atoms with Crippen molar-refractivity contribution in [3.8, 4) is 85.5 Å². The molecule has 0 fully saturated rings. The highest BCUT2D eigenvalue weighted by Gasteiger charge is 2.39. The summed E-state index contributed by atoms with van der Waals surface area (Å²) >= 11 is 0. The van der Waals surface area contributed by atoms with Crippen LogP contribution in [0.2, 0.25) is 0 Å². The van der Waals surface area contributed by atoms with Gasteiger partial charge in [-0.25, -0.2) is 15.0 Å². The monoisotopic (exact) mass is 1530 g/mol. The van der Waals surface area contributed by atoms with Crippen molar-refractivity contribution in [2.45, 2.75) is 38.5 Å². The SMILES string of the molecule is O=P(Oc1cc(-c2c(Cc3ccccc3)c(Cc3ccccc3)cc3ccccc23)nc2cc3c(cc12)OCO3)(Oc1cc(-c2c(Cc3ccccc3)c(Cc3ccccc3)cc3ccccc23)nc2cc3c(cc12)OCO3)Oc1cc(-c2c(Cc3ccccc3)c(Cc3ccccc3)cc3ccccc23)nc2cc3c(cc12)OCO3. The molecule has 560 valence electrons. The minimum absolute atomic E-state index is 0.0341. The van der Waals surface area contributed by atoms with E-state index in [-0.39, 0.29) is 37.6 Å². The molecule has 21 rings (SSSR count). The van der Waals surface area contributed by atoms with Crippen LogP contribution in [0.15, 0.2) is 328 Å². The first-order chi connectivity index (χ1) is 57.2. The van der Waals surface area contributed by atoms with Crippen LogP contribution in [0, 0.1) is 0 Å². The van der Waals surface area contributed by atoms with Crippen LogP contribution in [-0.4, -0.2) is 35.3 Å². The van der Waals surface area contributed by atoms with Gasteiger partial charge in [-0.05, 0) is 156 Å². The van der Waals surface area contributed by atoms with Crippen LogP contribution in [0.1, 0.15) is 66.8 Å². The van der Waals surface area contributed by atoms with Gasteiger partial charge in [-0.15, -0.1) is 0 Å². The number of nitrogens with zero attached hydrogens (tertiary/aromatic N) is 3. The maximum atomic E-state index is 18.5. The fourth-order valence-corrected chi connectivity index (χ4v) is 18.2. The quantitative estimate of drug-likeness (QED) is 0.0631. The van der Waals surface area contributed by atoms with E-state index in [1.807, 2.05) is 91.0 Å². The van der Waals surface area contributed by atoms with E-state index in [2.05, 4.69) is 237 Å². The number of phosphoric ester groups is 1. The molecule has 3 aromatic heterocycles. The van der Waals surface area contributed by atoms with Crippen molar-refractivity contribution < 1.29 is 46.6 Å². The highest BCUT2D eigenvalue weighted by Crippen LogP contribution is 2.58. The van der Waals surface area contributed by atoms with Crippen molar-refractivity contribution in [2.24, 2.45) is 0 Å². The van der Waals surface area contributed by atoms with E-state index in [9.17, 15) is 0 Å². The van der Waals surface area contributed by atoms with Gasteiger partial charge in [0, 0.05) is 69.2 Å². The van der Waals surface area contributed by atoms with Gasteiger partial charge in [0.15, 0.2) is 34.5 Å². The lowest BCUT2D eigenvalue weighted by Crippen LogP contribution is -2.10. The molecule has 0 saturated heterocycles. The first-order valence-electron chi connectivity index (χ1n) is 39.0. The first kappa shape index (κ1) is 69.7. The Hall–Kier alpha value is -14.3. The summed E-state index contributed by atoms with van der Waals surface area (Å²) in [6.07, 6.45) is 3.52. The molecule has 0 radical (unpaired) electrons. The zero-order valence-electron chi connectivity index (χ0n) is 62.9. The molecule has 3 aliphatic heterocycles. The molecule has 3 aliphatic rings. The number of ether oxygens (including phenoxy) is 6. The molecule has 0 aliphatic carbocycles. The number of hydrogen-bond acceptors (Lipinski definition) is 13. The molecular weight excluding hydrogens is 1460 g/mol. The zero-order chi connectivity index (χ0) is 77.0. The third-order valence-corrected chi connectivity index (χ3v) is 23.6. The van der Waals surface area contributed by atoms with Crippen molar-refractivity contribution in [1.82, 2.24) is 15.0 Å². The summed E-state index contributed by atoms with van der Waals surface area (Å²) in [4.78, 5) is 17.0. The molecule has 0 bridgehead atoms. The Morgan fingerprint density at radius 3 is 0.750 bits per heavy atom. The summed E-state index contributed by atoms with van der Waals surface area (Å²) in [7, 11) is -5.40. The van der Waals surface area contributed by atoms with Gasteiger partial charge in [0.2, 0.25) is 20.4 Å². The summed E-state index contributed by atoms with van der Waals surface area (Å²) in [5.74, 6) is 3.10. The van der Waals surface area contributed by atoms with Crippen LogP contribution in [-0.2, 0) is 43.1 Å². The van der Waals surface area contributed by atoms with Crippen molar-refractivity contribution >= 4 is 72.8 Å². The summed E-state index contributed by atoms with van der Waals surface area (Å²) in [6, 6.07) is 112. The van der Waals surface area contributed by atoms with Crippen molar-refractivity contribution in [1.29, 1.82) is 0 Å². The lowest BCUT2D eigenvalue weighted by atomic mass is 9.86. The van der Waals surface area contributed by atoms with Gasteiger partial charge in [0.05, 0.1) is 33.6 Å². The van der Waals surface area contributed by atoms with E-state index < -0.39 is 7.82 Å². The number of aromatic nitrogens is 3. The van der Waals surface area contributed by atoms with Crippen LogP contribution in [0.25, 0.3) is 98.8 Å². The molecule has 14 heteroatoms. The number of hydrogen-bond donors (Lipinski definition) is 0. The molecule has 0 saturated carbocycles. The van der Waals surface area contributed by atoms with Crippen LogP contribution >= 0.6 is 7.82 Å². The molecule has 13 nitrogen and oxygen atoms in total. The van der Waals surface area contributed by atoms with E-state index in [1.54, 1.807) is 0 Å². The summed E-state index contributed by atoms with van der Waals surface area (Å²) < 4.78 is 78.8. The predicted octanol–water partition coefficient (Wildman–Crippen LogP) is 24.2. The maximum Gasteiger partial charge on any atom is 0.647 e. The third-order valence-electron chi connectivity index (χ3n) is 22.3. The third kappa shape index (κ3) is 13.6. The first-order valence-corrected chi connectivity index (χ1v) is 40.5. The fourth-order valence-electron chi connectivity index (χ4n) is 16.9. The van der Waals surface area contributed by atoms with Crippen LogP contribution in [0.4, 0.5) is 0 Å². The Labute approximate surface area is 669 Å². The van der Waals surface area contributed by atoms with Gasteiger partial charge in [-0.1, -0.05) is 273 Å². The molecule has 18 aromatic rings. The average Bonchev–Trinajstić information content (AvgIpc) is 0.956. The summed E-state index contributed by atoms with van der Waals surface area (Å²) in [5.41, 5.74) is 18.8. The highest BCUT2D eigenvalue weighted by atomic mass is 31.2. The van der Waals surface area contributed by atoms with Crippen LogP contribution in [0.3, 0.4) is 0 Å². The highest BCUT2D eigenvalue weighted by molar-refractivity contribution is 7.49. The van der Waals surface area contributed by atoms with E-state index in [0.29, 0.717) is 123 Å². The minimum Gasteiger partial charge on any atom is -0.454 e. The zero-order valence-corrected chi connectivity index (χ0v) is 63.8. The Morgan fingerprint density at radius 2 is 0.483 bits per heavy atom. The summed E-state index contributed by atoms with van der Waals surface area (Å²) in [5, 5.41) is 7.19. The van der Waals surface area contributed by atoms with Gasteiger partial charge < -0.3 is 42.0 Å². The van der Waals surface area contributed by atoms with Gasteiger partial charge in [-0.3, -0.25) is 0 Å². The number of pyridine rings is 3. The molecule has 0 spiro atoms. The minimum atomic E-state index is -5.40. The van der Waals surface area contributed by atoms with E-state index >= 15 is 4.57 Å². The van der Waals surface area contributed by atoms with Crippen molar-refractivity contribution in [3.63, 3.8) is 0 Å². The van der Waals surface area contributed by atoms with Gasteiger partial charge in [0.25, 0.3) is 0 Å². The van der Waals surface area contributed by atoms with Crippen LogP contribution < -0.4 is 42.0 Å². The normalized spacial score (nSPS) is 12.7. The van der Waals surface area contributed by atoms with Crippen LogP contribution in [0.5, 0.6) is 51.7 Å². The second-order valence-electron chi connectivity index (χ2n) is 29.7. The lowest BCUT2D eigenvalue weighted by Gasteiger charge is -2.24. The Bertz CT molecular complexity index is 6280. The largest absolute Gasteiger partial charge is 0.647 e. The number of fused-ring (bicyclic) bond motifs is 9. The number of rotatable bonds is 21. The van der Waals surface area contributed by atoms with Gasteiger partial charge in [0.1, 0.15) is 17.2 Å². The van der Waals surface area contributed by atoms with Gasteiger partial charge >= 0.3 is 7.82 Å². The Balaban J connectivity index is 0.831. The average molecular weight is 1530 g/mol. The topological polar surface area (TPSA) is 139 Å². The molecule has 0 unspecified atom stereocenters. The molecule has 0 N–H and O–H groups in total. The van der Waals surface area contributed by atoms with Crippen molar-refractivity contribution in [2.75, 3.05) is 20.4 Å². The molecule has 116 heavy (non-hydrogen) atoms. The van der Waals surface area contributed by atoms with E-state index in [1.165, 1.54) is 0 Å². The molecule has 0 atom stereocenters. The smallest absolute Gasteiger partial charge is 0.454 e. The number of phosphoric acid groups is 1. The molecular formula is C102H72N3O10P. The molecule has 6 heterocycles. The van der Waals surface area contributed by atoms with E-state index in [4.69, 9.17) is 56.9 Å². The predicted molar refractivity (Wildman–Crippen MR) is 457 cm³/mol. The van der Waals surface area contributed by atoms with E-state index in [0.717, 1.165) is 116 Å². The molecule has 0 amide bonds. The Morgan fingerprint density at radius 1 is 0.250 bits per heavy atom. The number of benzene rings is 15. The lowest BCUT2D eigenvalue weighted by molar-refractivity contribution is 0.173. The molecule has 15 aromatic carbocycles. The second-order valence-corrected chi connectivity index (χ2v) is 31.2. The Kier molecular flexibility index (Phi) is 17.8. The summed E-state index contributed by atoms with van der Waals surface area (Å²) in [6.45, 7) is -0.102. The van der Waals surface area contributed by atoms with Crippen molar-refractivity contribution in [3.05, 3.63) is 394 Å². The second kappa shape index (κ2) is 29.7. The maximum absolute atomic E-state index is 18.5. The van der Waals surface area contributed by atoms with Gasteiger partial charge in [-0.2, -0.15) is 4.57 Å². The fraction of sp³-hybridized carbons (Fsp3) is 0.0882.